The van der Waals surface area contributed by atoms with Gasteiger partial charge >= 0.3 is 0 Å². The van der Waals surface area contributed by atoms with E-state index in [9.17, 15) is 0 Å². The fourth-order valence-corrected chi connectivity index (χ4v) is 2.97. The van der Waals surface area contributed by atoms with Crippen molar-refractivity contribution in [2.45, 2.75) is 90.4 Å². The molecule has 22 heavy (non-hydrogen) atoms. The Morgan fingerprint density at radius 1 is 0.500 bits per heavy atom. The summed E-state index contributed by atoms with van der Waals surface area (Å²) in [5, 5.41) is 17.9. The molecule has 2 N–H and O–H groups in total. The molecular formula is C19H41NO2. The van der Waals surface area contributed by atoms with E-state index in [1.807, 2.05) is 0 Å². The van der Waals surface area contributed by atoms with Gasteiger partial charge in [0.05, 0.1) is 13.2 Å². The van der Waals surface area contributed by atoms with E-state index in [1.54, 1.807) is 0 Å². The van der Waals surface area contributed by atoms with Gasteiger partial charge in [0.1, 0.15) is 0 Å². The summed E-state index contributed by atoms with van der Waals surface area (Å²) in [6.07, 6.45) is 17.9. The molecule has 0 aliphatic rings. The molecule has 0 spiro atoms. The van der Waals surface area contributed by atoms with Gasteiger partial charge in [-0.2, -0.15) is 0 Å². The normalized spacial score (nSPS) is 11.5. The van der Waals surface area contributed by atoms with Crippen LogP contribution in [-0.4, -0.2) is 48.0 Å². The maximum Gasteiger partial charge on any atom is 0.0558 e. The lowest BCUT2D eigenvalue weighted by atomic mass is 10.0. The van der Waals surface area contributed by atoms with Gasteiger partial charge in [-0.25, -0.2) is 0 Å². The second-order valence-corrected chi connectivity index (χ2v) is 6.53. The quantitative estimate of drug-likeness (QED) is 0.369. The highest BCUT2D eigenvalue weighted by Gasteiger charge is 2.02. The van der Waals surface area contributed by atoms with Crippen LogP contribution in [0.2, 0.25) is 0 Å². The highest BCUT2D eigenvalue weighted by Crippen LogP contribution is 2.12. The lowest BCUT2D eigenvalue weighted by Gasteiger charge is -2.19. The molecule has 0 saturated carbocycles. The Bertz CT molecular complexity index is 194. The molecule has 3 heteroatoms. The van der Waals surface area contributed by atoms with Crippen LogP contribution in [-0.2, 0) is 0 Å². The molecule has 0 aromatic heterocycles. The Hall–Kier alpha value is -0.120. The molecule has 134 valence electrons. The van der Waals surface area contributed by atoms with Gasteiger partial charge in [-0.3, -0.25) is 4.90 Å². The number of hydrogen-bond acceptors (Lipinski definition) is 3. The predicted octanol–water partition coefficient (Wildman–Crippen LogP) is 4.36. The van der Waals surface area contributed by atoms with Gasteiger partial charge in [-0.15, -0.1) is 0 Å². The molecule has 0 unspecified atom stereocenters. The lowest BCUT2D eigenvalue weighted by molar-refractivity contribution is 0.159. The van der Waals surface area contributed by atoms with E-state index in [0.29, 0.717) is 13.1 Å². The number of nitrogens with zero attached hydrogens (tertiary/aromatic N) is 1. The fourth-order valence-electron chi connectivity index (χ4n) is 2.97. The van der Waals surface area contributed by atoms with Crippen LogP contribution in [0.25, 0.3) is 0 Å². The minimum Gasteiger partial charge on any atom is -0.395 e. The van der Waals surface area contributed by atoms with E-state index in [-0.39, 0.29) is 13.2 Å². The lowest BCUT2D eigenvalue weighted by Crippen LogP contribution is -2.30. The topological polar surface area (TPSA) is 43.7 Å². The van der Waals surface area contributed by atoms with Crippen molar-refractivity contribution in [3.8, 4) is 0 Å². The van der Waals surface area contributed by atoms with E-state index < -0.39 is 0 Å². The summed E-state index contributed by atoms with van der Waals surface area (Å²) < 4.78 is 0. The first-order valence-electron chi connectivity index (χ1n) is 9.79. The Morgan fingerprint density at radius 2 is 0.864 bits per heavy atom. The highest BCUT2D eigenvalue weighted by molar-refractivity contribution is 4.57. The molecule has 0 aliphatic carbocycles. The SMILES string of the molecule is CCCCCCCCCCCCCCCN(CCO)CCO. The van der Waals surface area contributed by atoms with Gasteiger partial charge in [0.2, 0.25) is 0 Å². The molecule has 3 nitrogen and oxygen atoms in total. The molecule has 0 radical (unpaired) electrons. The maximum absolute atomic E-state index is 8.94. The van der Waals surface area contributed by atoms with Crippen LogP contribution in [0, 0.1) is 0 Å². The fraction of sp³-hybridized carbons (Fsp3) is 1.00. The van der Waals surface area contributed by atoms with E-state index in [2.05, 4.69) is 11.8 Å². The summed E-state index contributed by atoms with van der Waals surface area (Å²) in [6, 6.07) is 0. The maximum atomic E-state index is 8.94. The number of aliphatic hydroxyl groups is 2. The summed E-state index contributed by atoms with van der Waals surface area (Å²) >= 11 is 0. The zero-order valence-corrected chi connectivity index (χ0v) is 15.1. The number of rotatable bonds is 18. The van der Waals surface area contributed by atoms with E-state index in [0.717, 1.165) is 6.54 Å². The van der Waals surface area contributed by atoms with Crippen molar-refractivity contribution in [1.29, 1.82) is 0 Å². The van der Waals surface area contributed by atoms with Gasteiger partial charge in [0, 0.05) is 13.1 Å². The van der Waals surface area contributed by atoms with Crippen molar-refractivity contribution in [3.63, 3.8) is 0 Å². The molecule has 0 amide bonds. The first kappa shape index (κ1) is 21.9. The number of unbranched alkanes of at least 4 members (excludes halogenated alkanes) is 12. The molecule has 0 rings (SSSR count). The third-order valence-electron chi connectivity index (χ3n) is 4.41. The average Bonchev–Trinajstić information content (AvgIpc) is 2.52. The van der Waals surface area contributed by atoms with Crippen molar-refractivity contribution in [3.05, 3.63) is 0 Å². The summed E-state index contributed by atoms with van der Waals surface area (Å²) in [4.78, 5) is 2.15. The summed E-state index contributed by atoms with van der Waals surface area (Å²) in [6.45, 7) is 5.06. The Morgan fingerprint density at radius 3 is 1.23 bits per heavy atom. The molecule has 0 saturated heterocycles. The molecule has 0 heterocycles. The first-order chi connectivity index (χ1) is 10.8. The molecule has 0 aliphatic heterocycles. The second kappa shape index (κ2) is 18.9. The Kier molecular flexibility index (Phi) is 18.8. The Balaban J connectivity index is 3.16. The van der Waals surface area contributed by atoms with Gasteiger partial charge < -0.3 is 10.2 Å². The summed E-state index contributed by atoms with van der Waals surface area (Å²) in [5.41, 5.74) is 0. The number of aliphatic hydroxyl groups excluding tert-OH is 2. The largest absolute Gasteiger partial charge is 0.395 e. The van der Waals surface area contributed by atoms with Gasteiger partial charge in [-0.1, -0.05) is 84.0 Å². The van der Waals surface area contributed by atoms with Crippen molar-refractivity contribution in [2.24, 2.45) is 0 Å². The van der Waals surface area contributed by atoms with Gasteiger partial charge in [0.25, 0.3) is 0 Å². The molecule has 0 fully saturated rings. The van der Waals surface area contributed by atoms with Gasteiger partial charge in [0.15, 0.2) is 0 Å². The van der Waals surface area contributed by atoms with E-state index in [4.69, 9.17) is 10.2 Å². The molecule has 0 bridgehead atoms. The zero-order valence-electron chi connectivity index (χ0n) is 15.1. The van der Waals surface area contributed by atoms with Gasteiger partial charge in [-0.05, 0) is 13.0 Å². The standard InChI is InChI=1S/C19H41NO2/c1-2-3-4-5-6-7-8-9-10-11-12-13-14-15-20(16-18-21)17-19-22/h21-22H,2-19H2,1H3. The smallest absolute Gasteiger partial charge is 0.0558 e. The first-order valence-corrected chi connectivity index (χ1v) is 9.79. The van der Waals surface area contributed by atoms with Crippen molar-refractivity contribution in [1.82, 2.24) is 4.90 Å². The van der Waals surface area contributed by atoms with E-state index in [1.165, 1.54) is 83.5 Å². The zero-order chi connectivity index (χ0) is 16.3. The third-order valence-corrected chi connectivity index (χ3v) is 4.41. The highest BCUT2D eigenvalue weighted by atomic mass is 16.3. The minimum absolute atomic E-state index is 0.193. The van der Waals surface area contributed by atoms with Crippen LogP contribution >= 0.6 is 0 Å². The van der Waals surface area contributed by atoms with Crippen molar-refractivity contribution < 1.29 is 10.2 Å². The van der Waals surface area contributed by atoms with E-state index >= 15 is 0 Å². The van der Waals surface area contributed by atoms with Crippen LogP contribution in [0.4, 0.5) is 0 Å². The van der Waals surface area contributed by atoms with Crippen molar-refractivity contribution >= 4 is 0 Å². The third kappa shape index (κ3) is 16.3. The summed E-state index contributed by atoms with van der Waals surface area (Å²) in [5.74, 6) is 0. The molecule has 0 aromatic carbocycles. The monoisotopic (exact) mass is 315 g/mol. The number of hydrogen-bond donors (Lipinski definition) is 2. The second-order valence-electron chi connectivity index (χ2n) is 6.53. The molecular weight excluding hydrogens is 274 g/mol. The van der Waals surface area contributed by atoms with Crippen LogP contribution in [0.1, 0.15) is 90.4 Å². The van der Waals surface area contributed by atoms with Crippen LogP contribution < -0.4 is 0 Å². The van der Waals surface area contributed by atoms with Crippen LogP contribution in [0.5, 0.6) is 0 Å². The molecule has 0 aromatic rings. The average molecular weight is 316 g/mol. The summed E-state index contributed by atoms with van der Waals surface area (Å²) in [7, 11) is 0. The van der Waals surface area contributed by atoms with Crippen LogP contribution in [0.3, 0.4) is 0 Å². The van der Waals surface area contributed by atoms with Crippen LogP contribution in [0.15, 0.2) is 0 Å². The predicted molar refractivity (Wildman–Crippen MR) is 96.3 cm³/mol. The minimum atomic E-state index is 0.193. The van der Waals surface area contributed by atoms with Crippen molar-refractivity contribution in [2.75, 3.05) is 32.8 Å². The Labute approximate surface area is 139 Å². The molecule has 0 atom stereocenters.